The normalized spacial score (nSPS) is 20.2. The van der Waals surface area contributed by atoms with Crippen LogP contribution in [0.15, 0.2) is 42.9 Å². The van der Waals surface area contributed by atoms with E-state index in [9.17, 15) is 19.0 Å². The predicted molar refractivity (Wildman–Crippen MR) is 135 cm³/mol. The molecule has 0 saturated carbocycles. The molecule has 0 unspecified atom stereocenters. The number of aliphatic hydroxyl groups excluding tert-OH is 2. The Morgan fingerprint density at radius 3 is 2.39 bits per heavy atom. The van der Waals surface area contributed by atoms with Crippen LogP contribution in [0.4, 0.5) is 8.78 Å². The molecule has 5 rings (SSSR count). The first-order valence-corrected chi connectivity index (χ1v) is 12.5. The van der Waals surface area contributed by atoms with Crippen LogP contribution in [0.2, 0.25) is 0 Å². The Balaban J connectivity index is 1.63. The fourth-order valence-electron chi connectivity index (χ4n) is 5.67. The second-order valence-electron chi connectivity index (χ2n) is 10.3. The van der Waals surface area contributed by atoms with Crippen LogP contribution in [0.1, 0.15) is 68.7 Å². The van der Waals surface area contributed by atoms with E-state index >= 15 is 0 Å². The lowest BCUT2D eigenvalue weighted by molar-refractivity contribution is 0.187. The molecule has 1 aliphatic carbocycles. The van der Waals surface area contributed by atoms with Crippen LogP contribution in [0.25, 0.3) is 17.2 Å². The van der Waals surface area contributed by atoms with Crippen LogP contribution in [-0.4, -0.2) is 58.4 Å². The second kappa shape index (κ2) is 9.55. The van der Waals surface area contributed by atoms with E-state index in [1.54, 1.807) is 12.3 Å². The zero-order valence-electron chi connectivity index (χ0n) is 21.6. The van der Waals surface area contributed by atoms with Gasteiger partial charge in [-0.3, -0.25) is 0 Å². The zero-order valence-corrected chi connectivity index (χ0v) is 21.6. The molecule has 0 radical (unpaired) electrons. The van der Waals surface area contributed by atoms with Crippen LogP contribution in [0.5, 0.6) is 0 Å². The molecule has 2 atom stereocenters. The molecule has 0 amide bonds. The van der Waals surface area contributed by atoms with Gasteiger partial charge in [0.15, 0.2) is 5.82 Å². The van der Waals surface area contributed by atoms with Gasteiger partial charge in [-0.2, -0.15) is 9.78 Å². The molecule has 0 spiro atoms. The summed E-state index contributed by atoms with van der Waals surface area (Å²) in [5.74, 6) is -1.42. The third kappa shape index (κ3) is 3.80. The SMILES string of the molecule is CC[C@H]1c2cc(-c3c(F)cccc3F)nnc2[C@](C)(c2ccnc(-n3cnc(C(CO)CO)n3)n2)C1(C)C. The first kappa shape index (κ1) is 25.9. The summed E-state index contributed by atoms with van der Waals surface area (Å²) in [5.41, 5.74) is 1.09. The van der Waals surface area contributed by atoms with E-state index in [0.29, 0.717) is 11.4 Å². The van der Waals surface area contributed by atoms with Crippen LogP contribution >= 0.6 is 0 Å². The Bertz CT molecular complexity index is 1470. The standard InChI is InChI=1S/C27H29F2N7O2/c1-5-17-16-11-20(22-18(28)7-6-8-19(22)29)33-34-23(16)27(4,26(17,2)3)21-9-10-30-25(32-21)36-14-31-24(35-36)15(12-37)13-38/h6-11,14-15,17,37-38H,5,12-13H2,1-4H3/t17-,27-/m0/s1. The lowest BCUT2D eigenvalue weighted by Gasteiger charge is -2.41. The van der Waals surface area contributed by atoms with Gasteiger partial charge in [-0.05, 0) is 54.5 Å². The first-order valence-electron chi connectivity index (χ1n) is 12.5. The topological polar surface area (TPSA) is 123 Å². The summed E-state index contributed by atoms with van der Waals surface area (Å²) < 4.78 is 30.5. The van der Waals surface area contributed by atoms with Crippen molar-refractivity contribution in [2.75, 3.05) is 13.2 Å². The molecule has 3 aromatic heterocycles. The highest BCUT2D eigenvalue weighted by molar-refractivity contribution is 5.63. The van der Waals surface area contributed by atoms with Crippen LogP contribution in [0.3, 0.4) is 0 Å². The van der Waals surface area contributed by atoms with Crippen molar-refractivity contribution >= 4 is 0 Å². The van der Waals surface area contributed by atoms with E-state index in [1.165, 1.54) is 29.2 Å². The van der Waals surface area contributed by atoms with Gasteiger partial charge in [0.1, 0.15) is 18.0 Å². The number of benzene rings is 1. The average Bonchev–Trinajstić information content (AvgIpc) is 3.45. The molecule has 2 N–H and O–H groups in total. The number of fused-ring (bicyclic) bond motifs is 1. The molecule has 0 fully saturated rings. The number of rotatable bonds is 7. The summed E-state index contributed by atoms with van der Waals surface area (Å²) in [7, 11) is 0. The van der Waals surface area contributed by atoms with Crippen LogP contribution < -0.4 is 0 Å². The minimum atomic E-state index is -0.720. The van der Waals surface area contributed by atoms with E-state index in [-0.39, 0.29) is 42.2 Å². The summed E-state index contributed by atoms with van der Waals surface area (Å²) in [4.78, 5) is 13.4. The van der Waals surface area contributed by atoms with Crippen LogP contribution in [0, 0.1) is 17.0 Å². The van der Waals surface area contributed by atoms with Crippen molar-refractivity contribution in [2.24, 2.45) is 5.41 Å². The van der Waals surface area contributed by atoms with Gasteiger partial charge in [-0.25, -0.2) is 23.7 Å². The molecular formula is C27H29F2N7O2. The monoisotopic (exact) mass is 521 g/mol. The predicted octanol–water partition coefficient (Wildman–Crippen LogP) is 3.70. The van der Waals surface area contributed by atoms with Gasteiger partial charge < -0.3 is 10.2 Å². The van der Waals surface area contributed by atoms with Crippen molar-refractivity contribution in [2.45, 2.75) is 51.4 Å². The van der Waals surface area contributed by atoms with Gasteiger partial charge in [0.2, 0.25) is 0 Å². The van der Waals surface area contributed by atoms with E-state index in [4.69, 9.17) is 4.98 Å². The summed E-state index contributed by atoms with van der Waals surface area (Å²) in [5, 5.41) is 32.1. The summed E-state index contributed by atoms with van der Waals surface area (Å²) in [6.45, 7) is 7.81. The average molecular weight is 522 g/mol. The van der Waals surface area contributed by atoms with Gasteiger partial charge in [-0.15, -0.1) is 10.2 Å². The fourth-order valence-corrected chi connectivity index (χ4v) is 5.67. The van der Waals surface area contributed by atoms with Gasteiger partial charge in [-0.1, -0.05) is 26.8 Å². The van der Waals surface area contributed by atoms with E-state index in [1.807, 2.05) is 13.0 Å². The molecular weight excluding hydrogens is 492 g/mol. The summed E-state index contributed by atoms with van der Waals surface area (Å²) >= 11 is 0. The minimum absolute atomic E-state index is 0.0119. The molecule has 0 saturated heterocycles. The number of aliphatic hydroxyl groups is 2. The van der Waals surface area contributed by atoms with Gasteiger partial charge >= 0.3 is 0 Å². The van der Waals surface area contributed by atoms with Gasteiger partial charge in [0.05, 0.1) is 47.2 Å². The maximum Gasteiger partial charge on any atom is 0.252 e. The largest absolute Gasteiger partial charge is 0.396 e. The first-order chi connectivity index (χ1) is 18.2. The highest BCUT2D eigenvalue weighted by Gasteiger charge is 2.57. The van der Waals surface area contributed by atoms with E-state index in [2.05, 4.69) is 46.0 Å². The minimum Gasteiger partial charge on any atom is -0.396 e. The van der Waals surface area contributed by atoms with E-state index in [0.717, 1.165) is 12.0 Å². The number of nitrogens with zero attached hydrogens (tertiary/aromatic N) is 7. The highest BCUT2D eigenvalue weighted by atomic mass is 19.1. The van der Waals surface area contributed by atoms with E-state index < -0.39 is 28.4 Å². The Morgan fingerprint density at radius 1 is 1.03 bits per heavy atom. The summed E-state index contributed by atoms with van der Waals surface area (Å²) in [6, 6.07) is 7.31. The Hall–Kier alpha value is -3.70. The quantitative estimate of drug-likeness (QED) is 0.378. The highest BCUT2D eigenvalue weighted by Crippen LogP contribution is 2.61. The maximum atomic E-state index is 14.6. The zero-order chi connectivity index (χ0) is 27.2. The molecule has 3 heterocycles. The molecule has 9 nitrogen and oxygen atoms in total. The second-order valence-corrected chi connectivity index (χ2v) is 10.3. The summed E-state index contributed by atoms with van der Waals surface area (Å²) in [6.07, 6.45) is 3.84. The van der Waals surface area contributed by atoms with Crippen molar-refractivity contribution in [3.63, 3.8) is 0 Å². The van der Waals surface area contributed by atoms with Crippen molar-refractivity contribution < 1.29 is 19.0 Å². The Labute approximate surface area is 218 Å². The molecule has 1 aliphatic rings. The lowest BCUT2D eigenvalue weighted by atomic mass is 9.62. The molecule has 198 valence electrons. The van der Waals surface area contributed by atoms with Crippen molar-refractivity contribution in [1.29, 1.82) is 0 Å². The van der Waals surface area contributed by atoms with Gasteiger partial charge in [0, 0.05) is 6.20 Å². The van der Waals surface area contributed by atoms with Crippen molar-refractivity contribution in [1.82, 2.24) is 34.9 Å². The number of aromatic nitrogens is 7. The number of halogens is 2. The van der Waals surface area contributed by atoms with Gasteiger partial charge in [0.25, 0.3) is 5.95 Å². The lowest BCUT2D eigenvalue weighted by Crippen LogP contribution is -2.40. The van der Waals surface area contributed by atoms with Crippen LogP contribution in [-0.2, 0) is 5.41 Å². The smallest absolute Gasteiger partial charge is 0.252 e. The number of hydrogen-bond acceptors (Lipinski definition) is 8. The molecule has 38 heavy (non-hydrogen) atoms. The third-order valence-corrected chi connectivity index (χ3v) is 8.13. The molecule has 0 aliphatic heterocycles. The van der Waals surface area contributed by atoms with Crippen molar-refractivity contribution in [3.8, 4) is 17.2 Å². The molecule has 4 aromatic rings. The van der Waals surface area contributed by atoms with Crippen molar-refractivity contribution in [3.05, 3.63) is 77.3 Å². The molecule has 11 heteroatoms. The molecule has 1 aromatic carbocycles. The molecule has 0 bridgehead atoms. The third-order valence-electron chi connectivity index (χ3n) is 8.13. The number of hydrogen-bond donors (Lipinski definition) is 2. The maximum absolute atomic E-state index is 14.6. The Kier molecular flexibility index (Phi) is 6.52. The Morgan fingerprint density at radius 2 is 1.74 bits per heavy atom. The fraction of sp³-hybridized carbons (Fsp3) is 0.407.